The van der Waals surface area contributed by atoms with Crippen LogP contribution in [-0.4, -0.2) is 39.8 Å². The fraction of sp³-hybridized carbons (Fsp3) is 0.600. The highest BCUT2D eigenvalue weighted by Crippen LogP contribution is 2.29. The predicted molar refractivity (Wildman–Crippen MR) is 80.0 cm³/mol. The molecule has 3 nitrogen and oxygen atoms in total. The number of nitrogens with zero attached hydrogens (tertiary/aromatic N) is 1. The van der Waals surface area contributed by atoms with Gasteiger partial charge in [-0.3, -0.25) is 4.90 Å². The zero-order chi connectivity index (χ0) is 14.0. The topological polar surface area (TPSA) is 43.7 Å². The van der Waals surface area contributed by atoms with Gasteiger partial charge in [-0.25, -0.2) is 0 Å². The van der Waals surface area contributed by atoms with Gasteiger partial charge < -0.3 is 10.2 Å². The molecule has 1 aromatic rings. The molecule has 1 aliphatic rings. The maximum absolute atomic E-state index is 10.3. The van der Waals surface area contributed by atoms with Crippen LogP contribution < -0.4 is 0 Å². The molecule has 1 aliphatic heterocycles. The van der Waals surface area contributed by atoms with Gasteiger partial charge >= 0.3 is 0 Å². The number of hydrogen-bond acceptors (Lipinski definition) is 3. The van der Waals surface area contributed by atoms with E-state index >= 15 is 0 Å². The average molecular weight is 328 g/mol. The van der Waals surface area contributed by atoms with E-state index in [9.17, 15) is 10.2 Å². The van der Waals surface area contributed by atoms with Gasteiger partial charge in [0.05, 0.1) is 11.7 Å². The Labute approximate surface area is 123 Å². The first-order valence-electron chi connectivity index (χ1n) is 6.78. The van der Waals surface area contributed by atoms with Crippen molar-refractivity contribution in [1.29, 1.82) is 0 Å². The van der Waals surface area contributed by atoms with Crippen molar-refractivity contribution < 1.29 is 10.2 Å². The van der Waals surface area contributed by atoms with Gasteiger partial charge in [0.1, 0.15) is 0 Å². The monoisotopic (exact) mass is 327 g/mol. The minimum absolute atomic E-state index is 0.137. The summed E-state index contributed by atoms with van der Waals surface area (Å²) in [5.74, 6) is 0. The van der Waals surface area contributed by atoms with E-state index in [-0.39, 0.29) is 6.04 Å². The van der Waals surface area contributed by atoms with E-state index in [1.54, 1.807) is 0 Å². The molecular weight excluding hydrogens is 306 g/mol. The molecule has 0 bridgehead atoms. The molecular formula is C15H22BrNO2. The molecule has 0 aromatic heterocycles. The molecule has 1 heterocycles. The number of β-amino-alcohol motifs (C(OH)–C–C–N with tert-alkyl or cyclic N) is 1. The summed E-state index contributed by atoms with van der Waals surface area (Å²) in [4.78, 5) is 2.20. The van der Waals surface area contributed by atoms with E-state index in [0.717, 1.165) is 29.4 Å². The van der Waals surface area contributed by atoms with Crippen molar-refractivity contribution >= 4 is 15.9 Å². The van der Waals surface area contributed by atoms with Crippen LogP contribution in [0.2, 0.25) is 0 Å². The lowest BCUT2D eigenvalue weighted by Crippen LogP contribution is -2.46. The number of aliphatic hydroxyl groups excluding tert-OH is 1. The van der Waals surface area contributed by atoms with Gasteiger partial charge in [0.15, 0.2) is 0 Å². The molecule has 4 heteroatoms. The summed E-state index contributed by atoms with van der Waals surface area (Å²) in [7, 11) is 0. The molecule has 2 rings (SSSR count). The van der Waals surface area contributed by atoms with Crippen LogP contribution in [0.15, 0.2) is 28.7 Å². The summed E-state index contributed by atoms with van der Waals surface area (Å²) in [6.45, 7) is 5.22. The third-order valence-corrected chi connectivity index (χ3v) is 4.37. The van der Waals surface area contributed by atoms with Crippen molar-refractivity contribution in [3.8, 4) is 0 Å². The van der Waals surface area contributed by atoms with E-state index < -0.39 is 11.7 Å². The summed E-state index contributed by atoms with van der Waals surface area (Å²) >= 11 is 3.39. The van der Waals surface area contributed by atoms with Gasteiger partial charge in [0, 0.05) is 17.1 Å². The zero-order valence-electron chi connectivity index (χ0n) is 11.5. The predicted octanol–water partition coefficient (Wildman–Crippen LogP) is 2.72. The first kappa shape index (κ1) is 15.0. The van der Waals surface area contributed by atoms with Crippen LogP contribution in [0.4, 0.5) is 0 Å². The van der Waals surface area contributed by atoms with Crippen LogP contribution >= 0.6 is 15.9 Å². The molecule has 0 saturated carbocycles. The van der Waals surface area contributed by atoms with E-state index in [2.05, 4.69) is 20.8 Å². The number of hydrogen-bond donors (Lipinski definition) is 2. The Morgan fingerprint density at radius 2 is 2.00 bits per heavy atom. The van der Waals surface area contributed by atoms with Gasteiger partial charge in [-0.15, -0.1) is 0 Å². The van der Waals surface area contributed by atoms with E-state index in [1.807, 2.05) is 38.1 Å². The molecule has 1 saturated heterocycles. The maximum Gasteiger partial charge on any atom is 0.0917 e. The van der Waals surface area contributed by atoms with Crippen molar-refractivity contribution in [1.82, 2.24) is 4.90 Å². The Morgan fingerprint density at radius 1 is 1.37 bits per heavy atom. The summed E-state index contributed by atoms with van der Waals surface area (Å²) < 4.78 is 1.01. The minimum atomic E-state index is -0.712. The van der Waals surface area contributed by atoms with Crippen LogP contribution in [0, 0.1) is 0 Å². The van der Waals surface area contributed by atoms with Crippen LogP contribution in [0.1, 0.15) is 38.4 Å². The van der Waals surface area contributed by atoms with Gasteiger partial charge in [0.25, 0.3) is 0 Å². The SMILES string of the molecule is CC(C)(O)C1CCCN1CC(O)c1ccc(Br)cc1. The van der Waals surface area contributed by atoms with E-state index in [0.29, 0.717) is 6.54 Å². The first-order valence-corrected chi connectivity index (χ1v) is 7.57. The highest BCUT2D eigenvalue weighted by atomic mass is 79.9. The van der Waals surface area contributed by atoms with Gasteiger partial charge in [-0.2, -0.15) is 0 Å². The summed E-state index contributed by atoms with van der Waals surface area (Å²) in [6.07, 6.45) is 1.58. The van der Waals surface area contributed by atoms with Crippen LogP contribution in [-0.2, 0) is 0 Å². The molecule has 0 radical (unpaired) electrons. The average Bonchev–Trinajstić information content (AvgIpc) is 2.77. The zero-order valence-corrected chi connectivity index (χ0v) is 13.1. The molecule has 0 spiro atoms. The highest BCUT2D eigenvalue weighted by Gasteiger charge is 2.36. The highest BCUT2D eigenvalue weighted by molar-refractivity contribution is 9.10. The van der Waals surface area contributed by atoms with Crippen molar-refractivity contribution in [3.05, 3.63) is 34.3 Å². The maximum atomic E-state index is 10.3. The molecule has 0 aliphatic carbocycles. The fourth-order valence-electron chi connectivity index (χ4n) is 2.86. The number of rotatable bonds is 4. The number of aliphatic hydroxyl groups is 2. The van der Waals surface area contributed by atoms with Crippen LogP contribution in [0.3, 0.4) is 0 Å². The Morgan fingerprint density at radius 3 is 2.58 bits per heavy atom. The smallest absolute Gasteiger partial charge is 0.0917 e. The third kappa shape index (κ3) is 3.78. The molecule has 2 atom stereocenters. The standard InChI is InChI=1S/C15H22BrNO2/c1-15(2,19)14-4-3-9-17(14)10-13(18)11-5-7-12(16)8-6-11/h5-8,13-14,18-19H,3-4,9-10H2,1-2H3. The van der Waals surface area contributed by atoms with Gasteiger partial charge in [0.2, 0.25) is 0 Å². The second-order valence-electron chi connectivity index (χ2n) is 5.87. The largest absolute Gasteiger partial charge is 0.389 e. The van der Waals surface area contributed by atoms with Crippen LogP contribution in [0.5, 0.6) is 0 Å². The molecule has 1 aromatic carbocycles. The summed E-state index contributed by atoms with van der Waals surface area (Å²) in [5.41, 5.74) is 0.209. The Hall–Kier alpha value is -0.420. The number of likely N-dealkylation sites (tertiary alicyclic amines) is 1. The van der Waals surface area contributed by atoms with Crippen molar-refractivity contribution in [2.75, 3.05) is 13.1 Å². The van der Waals surface area contributed by atoms with Gasteiger partial charge in [-0.05, 0) is 50.9 Å². The fourth-order valence-corrected chi connectivity index (χ4v) is 3.12. The molecule has 1 fully saturated rings. The molecule has 19 heavy (non-hydrogen) atoms. The van der Waals surface area contributed by atoms with E-state index in [4.69, 9.17) is 0 Å². The van der Waals surface area contributed by atoms with E-state index in [1.165, 1.54) is 0 Å². The van der Waals surface area contributed by atoms with Crippen molar-refractivity contribution in [2.45, 2.75) is 44.4 Å². The lowest BCUT2D eigenvalue weighted by Gasteiger charge is -2.34. The second kappa shape index (κ2) is 5.92. The van der Waals surface area contributed by atoms with Crippen molar-refractivity contribution in [3.63, 3.8) is 0 Å². The molecule has 2 N–H and O–H groups in total. The number of halogens is 1. The number of benzene rings is 1. The third-order valence-electron chi connectivity index (χ3n) is 3.84. The lowest BCUT2D eigenvalue weighted by molar-refractivity contribution is -0.0160. The van der Waals surface area contributed by atoms with Crippen molar-refractivity contribution in [2.24, 2.45) is 0 Å². The van der Waals surface area contributed by atoms with Crippen LogP contribution in [0.25, 0.3) is 0 Å². The second-order valence-corrected chi connectivity index (χ2v) is 6.79. The normalized spacial score (nSPS) is 22.7. The summed E-state index contributed by atoms with van der Waals surface area (Å²) in [5, 5.41) is 20.5. The summed E-state index contributed by atoms with van der Waals surface area (Å²) in [6, 6.07) is 7.89. The molecule has 106 valence electrons. The Balaban J connectivity index is 2.02. The quantitative estimate of drug-likeness (QED) is 0.893. The Kier molecular flexibility index (Phi) is 4.66. The minimum Gasteiger partial charge on any atom is -0.389 e. The lowest BCUT2D eigenvalue weighted by atomic mass is 9.96. The van der Waals surface area contributed by atoms with Gasteiger partial charge in [-0.1, -0.05) is 28.1 Å². The Bertz CT molecular complexity index is 413. The first-order chi connectivity index (χ1) is 8.88. The molecule has 0 amide bonds. The molecule has 2 unspecified atom stereocenters.